The molecule has 1 aromatic heterocycles. The fourth-order valence-corrected chi connectivity index (χ4v) is 4.82. The van der Waals surface area contributed by atoms with E-state index in [4.69, 9.17) is 16.4 Å². The van der Waals surface area contributed by atoms with Gasteiger partial charge in [-0.1, -0.05) is 28.9 Å². The quantitative estimate of drug-likeness (QED) is 0.380. The SMILES string of the molecule is CO/N=C(\CN1CCN(c2cc3c(cc2F)c(=O)c(C(=O)O)cn3C2CC2)CC1)c1ccc(Cl)cc1. The zero-order chi connectivity index (χ0) is 25.4. The predicted octanol–water partition coefficient (Wildman–Crippen LogP) is 4.00. The van der Waals surface area contributed by atoms with Crippen molar-refractivity contribution in [2.45, 2.75) is 18.9 Å². The largest absolute Gasteiger partial charge is 0.477 e. The summed E-state index contributed by atoms with van der Waals surface area (Å²) in [5.74, 6) is -1.83. The van der Waals surface area contributed by atoms with Crippen molar-refractivity contribution in [1.29, 1.82) is 0 Å². The molecule has 1 aliphatic heterocycles. The highest BCUT2D eigenvalue weighted by molar-refractivity contribution is 6.30. The predicted molar refractivity (Wildman–Crippen MR) is 137 cm³/mol. The topological polar surface area (TPSA) is 87.4 Å². The van der Waals surface area contributed by atoms with Gasteiger partial charge in [-0.25, -0.2) is 9.18 Å². The highest BCUT2D eigenvalue weighted by atomic mass is 35.5. The lowest BCUT2D eigenvalue weighted by Crippen LogP contribution is -2.48. The molecule has 1 N–H and O–H groups in total. The molecule has 188 valence electrons. The van der Waals surface area contributed by atoms with E-state index in [0.717, 1.165) is 24.1 Å². The molecule has 1 saturated carbocycles. The molecule has 3 aromatic rings. The number of aromatic carboxylic acids is 1. The second-order valence-corrected chi connectivity index (χ2v) is 9.56. The summed E-state index contributed by atoms with van der Waals surface area (Å²) < 4.78 is 17.0. The normalized spacial score (nSPS) is 17.0. The number of carboxylic acids is 1. The first-order valence-electron chi connectivity index (χ1n) is 11.8. The van der Waals surface area contributed by atoms with Crippen LogP contribution in [0.4, 0.5) is 10.1 Å². The van der Waals surface area contributed by atoms with Gasteiger partial charge in [0.2, 0.25) is 5.43 Å². The highest BCUT2D eigenvalue weighted by Gasteiger charge is 2.28. The van der Waals surface area contributed by atoms with Crippen molar-refractivity contribution in [3.8, 4) is 0 Å². The molecule has 1 saturated heterocycles. The number of fused-ring (bicyclic) bond motifs is 1. The van der Waals surface area contributed by atoms with Crippen molar-refractivity contribution >= 4 is 39.9 Å². The van der Waals surface area contributed by atoms with Crippen molar-refractivity contribution < 1.29 is 19.1 Å². The van der Waals surface area contributed by atoms with E-state index in [-0.39, 0.29) is 17.0 Å². The minimum absolute atomic E-state index is 0.102. The summed E-state index contributed by atoms with van der Waals surface area (Å²) in [7, 11) is 1.51. The number of benzene rings is 2. The zero-order valence-electron chi connectivity index (χ0n) is 19.8. The number of pyridine rings is 1. The fraction of sp³-hybridized carbons (Fsp3) is 0.346. The first-order valence-corrected chi connectivity index (χ1v) is 12.2. The molecule has 1 aliphatic carbocycles. The fourth-order valence-electron chi connectivity index (χ4n) is 4.69. The second kappa shape index (κ2) is 9.91. The van der Waals surface area contributed by atoms with Gasteiger partial charge < -0.3 is 19.4 Å². The van der Waals surface area contributed by atoms with E-state index >= 15 is 4.39 Å². The molecule has 0 amide bonds. The van der Waals surface area contributed by atoms with Crippen LogP contribution in [0, 0.1) is 5.82 Å². The van der Waals surface area contributed by atoms with Gasteiger partial charge in [-0.3, -0.25) is 9.69 Å². The Bertz CT molecular complexity index is 1390. The van der Waals surface area contributed by atoms with Crippen LogP contribution in [0.15, 0.2) is 52.5 Å². The molecule has 2 aromatic carbocycles. The lowest BCUT2D eigenvalue weighted by Gasteiger charge is -2.36. The van der Waals surface area contributed by atoms with E-state index in [2.05, 4.69) is 10.1 Å². The maximum Gasteiger partial charge on any atom is 0.341 e. The Morgan fingerprint density at radius 1 is 1.17 bits per heavy atom. The van der Waals surface area contributed by atoms with Crippen LogP contribution in [0.2, 0.25) is 5.02 Å². The minimum Gasteiger partial charge on any atom is -0.477 e. The van der Waals surface area contributed by atoms with E-state index in [1.54, 1.807) is 6.07 Å². The van der Waals surface area contributed by atoms with Gasteiger partial charge in [0.1, 0.15) is 24.2 Å². The first-order chi connectivity index (χ1) is 17.4. The summed E-state index contributed by atoms with van der Waals surface area (Å²) in [6.45, 7) is 3.11. The number of hydrogen-bond donors (Lipinski definition) is 1. The summed E-state index contributed by atoms with van der Waals surface area (Å²) >= 11 is 6.01. The van der Waals surface area contributed by atoms with Crippen LogP contribution < -0.4 is 10.3 Å². The number of rotatable bonds is 7. The molecule has 0 bridgehead atoms. The van der Waals surface area contributed by atoms with Crippen LogP contribution in [-0.2, 0) is 4.84 Å². The minimum atomic E-state index is -1.30. The molecule has 0 radical (unpaired) electrons. The van der Waals surface area contributed by atoms with Gasteiger partial charge >= 0.3 is 5.97 Å². The lowest BCUT2D eigenvalue weighted by molar-refractivity contribution is 0.0695. The van der Waals surface area contributed by atoms with Crippen LogP contribution in [-0.4, -0.2) is 66.1 Å². The molecular weight excluding hydrogens is 487 g/mol. The molecule has 10 heteroatoms. The molecule has 0 atom stereocenters. The molecule has 0 unspecified atom stereocenters. The standard InChI is InChI=1S/C26H26ClFN4O4/c1-36-29-22(16-2-4-17(27)5-3-16)15-30-8-10-31(11-9-30)24-13-23-19(12-21(24)28)25(33)20(26(34)35)14-32(23)18-6-7-18/h2-5,12-14,18H,6-11,15H2,1H3,(H,34,35)/b29-22+. The Labute approximate surface area is 212 Å². The first kappa shape index (κ1) is 24.3. The van der Waals surface area contributed by atoms with Gasteiger partial charge in [-0.2, -0.15) is 0 Å². The molecular formula is C26H26ClFN4O4. The number of aromatic nitrogens is 1. The summed E-state index contributed by atoms with van der Waals surface area (Å²) in [4.78, 5) is 33.5. The van der Waals surface area contributed by atoms with E-state index < -0.39 is 17.2 Å². The third kappa shape index (κ3) is 4.81. The van der Waals surface area contributed by atoms with Gasteiger partial charge in [0.15, 0.2) is 0 Å². The molecule has 2 fully saturated rings. The van der Waals surface area contributed by atoms with E-state index in [1.165, 1.54) is 19.4 Å². The molecule has 2 aliphatic rings. The average molecular weight is 513 g/mol. The average Bonchev–Trinajstić information content (AvgIpc) is 3.70. The van der Waals surface area contributed by atoms with Gasteiger partial charge in [0.25, 0.3) is 0 Å². The summed E-state index contributed by atoms with van der Waals surface area (Å²) in [6, 6.07) is 10.4. The highest BCUT2D eigenvalue weighted by Crippen LogP contribution is 2.38. The second-order valence-electron chi connectivity index (χ2n) is 9.13. The Morgan fingerprint density at radius 3 is 2.47 bits per heavy atom. The summed E-state index contributed by atoms with van der Waals surface area (Å²) in [6.07, 6.45) is 3.21. The van der Waals surface area contributed by atoms with Crippen LogP contribution in [0.3, 0.4) is 0 Å². The summed E-state index contributed by atoms with van der Waals surface area (Å²) in [5.41, 5.74) is 1.71. The molecule has 2 heterocycles. The summed E-state index contributed by atoms with van der Waals surface area (Å²) in [5, 5.41) is 14.4. The molecule has 5 rings (SSSR count). The van der Waals surface area contributed by atoms with Crippen LogP contribution in [0.1, 0.15) is 34.8 Å². The number of piperazine rings is 1. The van der Waals surface area contributed by atoms with E-state index in [9.17, 15) is 14.7 Å². The molecule has 0 spiro atoms. The maximum absolute atomic E-state index is 15.2. The van der Waals surface area contributed by atoms with Crippen molar-refractivity contribution in [1.82, 2.24) is 9.47 Å². The Morgan fingerprint density at radius 2 is 1.86 bits per heavy atom. The molecule has 36 heavy (non-hydrogen) atoms. The van der Waals surface area contributed by atoms with Gasteiger partial charge in [0, 0.05) is 60.9 Å². The van der Waals surface area contributed by atoms with Crippen LogP contribution in [0.25, 0.3) is 10.9 Å². The van der Waals surface area contributed by atoms with Crippen molar-refractivity contribution in [2.75, 3.05) is 44.7 Å². The van der Waals surface area contributed by atoms with E-state index in [0.29, 0.717) is 49.0 Å². The van der Waals surface area contributed by atoms with Crippen LogP contribution >= 0.6 is 11.6 Å². The number of carbonyl (C=O) groups is 1. The zero-order valence-corrected chi connectivity index (χ0v) is 20.5. The van der Waals surface area contributed by atoms with Crippen molar-refractivity contribution in [3.05, 3.63) is 74.8 Å². The Hall–Kier alpha value is -3.43. The number of oxime groups is 1. The number of hydrogen-bond acceptors (Lipinski definition) is 6. The van der Waals surface area contributed by atoms with E-state index in [1.807, 2.05) is 33.7 Å². The van der Waals surface area contributed by atoms with Gasteiger partial charge in [-0.05, 0) is 37.1 Å². The number of nitrogens with zero attached hydrogens (tertiary/aromatic N) is 4. The van der Waals surface area contributed by atoms with Crippen molar-refractivity contribution in [2.24, 2.45) is 5.16 Å². The van der Waals surface area contributed by atoms with Gasteiger partial charge in [-0.15, -0.1) is 0 Å². The number of anilines is 1. The monoisotopic (exact) mass is 512 g/mol. The smallest absolute Gasteiger partial charge is 0.341 e. The third-order valence-corrected chi connectivity index (χ3v) is 6.99. The number of halogens is 2. The lowest BCUT2D eigenvalue weighted by atomic mass is 10.1. The Kier molecular flexibility index (Phi) is 6.68. The molecule has 8 nitrogen and oxygen atoms in total. The maximum atomic E-state index is 15.2. The third-order valence-electron chi connectivity index (χ3n) is 6.74. The van der Waals surface area contributed by atoms with Crippen LogP contribution in [0.5, 0.6) is 0 Å². The van der Waals surface area contributed by atoms with Gasteiger partial charge in [0.05, 0.1) is 11.2 Å². The number of carboxylic acid groups (broad SMARTS) is 1. The van der Waals surface area contributed by atoms with Crippen molar-refractivity contribution in [3.63, 3.8) is 0 Å². The Balaban J connectivity index is 1.37.